The summed E-state index contributed by atoms with van der Waals surface area (Å²) in [5, 5.41) is 33.3. The van der Waals surface area contributed by atoms with Crippen LogP contribution in [0.15, 0.2) is 60.8 Å². The average molecular weight is 544 g/mol. The molecule has 0 aliphatic carbocycles. The van der Waals surface area contributed by atoms with Gasteiger partial charge in [-0.2, -0.15) is 0 Å². The maximum atomic E-state index is 13.0. The van der Waals surface area contributed by atoms with E-state index in [4.69, 9.17) is 28.4 Å². The molecule has 1 aliphatic rings. The molecule has 2 atom stereocenters. The van der Waals surface area contributed by atoms with E-state index in [9.17, 15) is 19.9 Å². The largest absolute Gasteiger partial charge is 0.733 e. The van der Waals surface area contributed by atoms with E-state index in [1.807, 2.05) is 29.2 Å². The minimum atomic E-state index is -1.12. The molecule has 37 heavy (non-hydrogen) atoms. The lowest BCUT2D eigenvalue weighted by atomic mass is 9.96. The van der Waals surface area contributed by atoms with Crippen LogP contribution >= 0.6 is 23.2 Å². The molecular formula is C26H25Cl2N4O5-. The van der Waals surface area contributed by atoms with Gasteiger partial charge in [0, 0.05) is 35.1 Å². The number of hydrogen-bond acceptors (Lipinski definition) is 7. The van der Waals surface area contributed by atoms with Crippen molar-refractivity contribution >= 4 is 46.6 Å². The molecule has 3 aromatic rings. The van der Waals surface area contributed by atoms with Crippen LogP contribution in [0.5, 0.6) is 0 Å². The Bertz CT molecular complexity index is 1250. The molecule has 2 heterocycles. The monoisotopic (exact) mass is 543 g/mol. The Kier molecular flexibility index (Phi) is 8.50. The predicted octanol–water partition coefficient (Wildman–Crippen LogP) is 4.78. The van der Waals surface area contributed by atoms with Crippen LogP contribution in [0.2, 0.25) is 10.0 Å². The summed E-state index contributed by atoms with van der Waals surface area (Å²) in [4.78, 5) is 31.0. The third-order valence-corrected chi connectivity index (χ3v) is 6.88. The number of carbonyl (C=O) groups excluding carboxylic acids is 1. The normalized spacial score (nSPS) is 16.2. The zero-order valence-corrected chi connectivity index (χ0v) is 21.2. The minimum absolute atomic E-state index is 0.00282. The lowest BCUT2D eigenvalue weighted by Crippen LogP contribution is -2.49. The number of aromatic nitrogens is 1. The minimum Gasteiger partial charge on any atom is -0.733 e. The molecule has 1 saturated heterocycles. The number of piperidine rings is 1. The second kappa shape index (κ2) is 11.8. The van der Waals surface area contributed by atoms with E-state index in [1.54, 1.807) is 24.3 Å². The van der Waals surface area contributed by atoms with E-state index in [0.29, 0.717) is 35.4 Å². The Balaban J connectivity index is 1.39. The van der Waals surface area contributed by atoms with E-state index in [2.05, 4.69) is 10.3 Å². The van der Waals surface area contributed by atoms with Crippen molar-refractivity contribution in [2.45, 2.75) is 25.3 Å². The molecule has 4 rings (SSSR count). The van der Waals surface area contributed by atoms with Crippen molar-refractivity contribution in [3.05, 3.63) is 81.6 Å². The molecule has 0 bridgehead atoms. The maximum absolute atomic E-state index is 13.0. The summed E-state index contributed by atoms with van der Waals surface area (Å²) in [5.41, 5.74) is 2.37. The second-order valence-corrected chi connectivity index (χ2v) is 9.70. The van der Waals surface area contributed by atoms with Crippen molar-refractivity contribution in [2.75, 3.05) is 23.2 Å². The number of aliphatic carboxylic acids is 1. The highest BCUT2D eigenvalue weighted by Crippen LogP contribution is 2.31. The van der Waals surface area contributed by atoms with Gasteiger partial charge in [-0.05, 0) is 54.3 Å². The Morgan fingerprint density at radius 3 is 2.57 bits per heavy atom. The first-order valence-corrected chi connectivity index (χ1v) is 12.4. The zero-order valence-electron chi connectivity index (χ0n) is 19.7. The van der Waals surface area contributed by atoms with Gasteiger partial charge in [-0.25, -0.2) is 9.78 Å². The Morgan fingerprint density at radius 1 is 1.16 bits per heavy atom. The van der Waals surface area contributed by atoms with Crippen LogP contribution in [-0.2, 0) is 16.0 Å². The van der Waals surface area contributed by atoms with Crippen LogP contribution < -0.4 is 15.4 Å². The number of rotatable bonds is 8. The molecule has 11 heteroatoms. The molecule has 9 nitrogen and oxygen atoms in total. The van der Waals surface area contributed by atoms with Gasteiger partial charge in [0.2, 0.25) is 5.91 Å². The number of carboxylic acid groups (broad SMARTS) is 1. The number of nitrogens with one attached hydrogen (secondary N) is 1. The van der Waals surface area contributed by atoms with Crippen LogP contribution in [0.4, 0.5) is 11.5 Å². The van der Waals surface area contributed by atoms with Crippen LogP contribution in [0.25, 0.3) is 11.1 Å². The van der Waals surface area contributed by atoms with Crippen molar-refractivity contribution in [3.8, 4) is 11.1 Å². The second-order valence-electron chi connectivity index (χ2n) is 8.86. The molecular weight excluding hydrogens is 519 g/mol. The van der Waals surface area contributed by atoms with Gasteiger partial charge < -0.3 is 25.8 Å². The number of pyridine rings is 1. The Hall–Kier alpha value is -3.37. The first kappa shape index (κ1) is 26.7. The van der Waals surface area contributed by atoms with Crippen molar-refractivity contribution in [1.29, 1.82) is 0 Å². The number of halogens is 2. The fourth-order valence-corrected chi connectivity index (χ4v) is 4.74. The van der Waals surface area contributed by atoms with Gasteiger partial charge in [-0.3, -0.25) is 10.0 Å². The van der Waals surface area contributed by atoms with Gasteiger partial charge in [0.15, 0.2) is 0 Å². The lowest BCUT2D eigenvalue weighted by molar-refractivity contribution is -0.142. The van der Waals surface area contributed by atoms with Crippen molar-refractivity contribution in [2.24, 2.45) is 5.92 Å². The van der Waals surface area contributed by atoms with E-state index in [0.717, 1.165) is 23.1 Å². The number of benzene rings is 2. The van der Waals surface area contributed by atoms with Gasteiger partial charge in [-0.1, -0.05) is 47.5 Å². The van der Waals surface area contributed by atoms with Crippen LogP contribution in [0, 0.1) is 11.1 Å². The van der Waals surface area contributed by atoms with Crippen LogP contribution in [0.3, 0.4) is 0 Å². The predicted molar refractivity (Wildman–Crippen MR) is 142 cm³/mol. The summed E-state index contributed by atoms with van der Waals surface area (Å²) in [5.74, 6) is -1.31. The number of carbonyl (C=O) groups is 2. The third-order valence-electron chi connectivity index (χ3n) is 6.32. The molecule has 1 aliphatic heterocycles. The fraction of sp³-hybridized carbons (Fsp3) is 0.269. The van der Waals surface area contributed by atoms with Gasteiger partial charge in [0.25, 0.3) is 0 Å². The molecule has 2 aromatic carbocycles. The lowest BCUT2D eigenvalue weighted by Gasteiger charge is -2.33. The molecule has 1 aromatic heterocycles. The molecule has 0 saturated carbocycles. The van der Waals surface area contributed by atoms with Gasteiger partial charge in [-0.15, -0.1) is 0 Å². The smallest absolute Gasteiger partial charge is 0.326 e. The highest BCUT2D eigenvalue weighted by molar-refractivity contribution is 6.35. The molecule has 3 N–H and O–H groups in total. The zero-order chi connectivity index (χ0) is 26.5. The number of amides is 1. The van der Waals surface area contributed by atoms with E-state index < -0.39 is 17.9 Å². The van der Waals surface area contributed by atoms with Crippen molar-refractivity contribution in [1.82, 2.24) is 10.3 Å². The first-order valence-electron chi connectivity index (χ1n) is 11.7. The van der Waals surface area contributed by atoms with E-state index >= 15 is 0 Å². The summed E-state index contributed by atoms with van der Waals surface area (Å²) in [7, 11) is 0. The van der Waals surface area contributed by atoms with E-state index in [1.165, 1.54) is 12.3 Å². The fourth-order valence-electron chi connectivity index (χ4n) is 4.34. The number of hydrogen-bond donors (Lipinski definition) is 3. The Labute approximate surface area is 223 Å². The van der Waals surface area contributed by atoms with Crippen LogP contribution in [-0.4, -0.2) is 46.3 Å². The number of anilines is 2. The topological polar surface area (TPSA) is 129 Å². The van der Waals surface area contributed by atoms with Gasteiger partial charge in [0.05, 0.1) is 17.8 Å². The molecule has 194 valence electrons. The van der Waals surface area contributed by atoms with E-state index in [-0.39, 0.29) is 23.2 Å². The average Bonchev–Trinajstić information content (AvgIpc) is 2.90. The van der Waals surface area contributed by atoms with Gasteiger partial charge in [0.1, 0.15) is 11.9 Å². The Morgan fingerprint density at radius 2 is 1.92 bits per heavy atom. The SMILES string of the molecule is O=C(N[C@@H](Cc1ccc(-c2cc(Cl)ccc2Cl)cc1)C(=O)O)C1CCCN(c2ccc(N([O-])O)cn2)C1. The highest BCUT2D eigenvalue weighted by atomic mass is 35.5. The van der Waals surface area contributed by atoms with Gasteiger partial charge >= 0.3 is 5.97 Å². The number of nitrogens with zero attached hydrogens (tertiary/aromatic N) is 3. The summed E-state index contributed by atoms with van der Waals surface area (Å²) in [6.45, 7) is 1.03. The first-order chi connectivity index (χ1) is 17.7. The summed E-state index contributed by atoms with van der Waals surface area (Å²) in [6.07, 6.45) is 2.71. The summed E-state index contributed by atoms with van der Waals surface area (Å²) < 4.78 is 0. The van der Waals surface area contributed by atoms with Crippen molar-refractivity contribution in [3.63, 3.8) is 0 Å². The molecule has 0 radical (unpaired) electrons. The highest BCUT2D eigenvalue weighted by Gasteiger charge is 2.30. The molecule has 1 unspecified atom stereocenters. The summed E-state index contributed by atoms with van der Waals surface area (Å²) >= 11 is 12.4. The maximum Gasteiger partial charge on any atom is 0.326 e. The molecule has 1 amide bonds. The molecule has 0 spiro atoms. The number of carboxylic acids is 1. The quantitative estimate of drug-likeness (QED) is 0.346. The van der Waals surface area contributed by atoms with Crippen LogP contribution in [0.1, 0.15) is 18.4 Å². The molecule has 1 fully saturated rings. The third kappa shape index (κ3) is 6.69. The standard InChI is InChI=1S/C26H25Cl2N4O5/c27-19-7-9-22(28)21(13-19)17-5-3-16(4-6-17)12-23(26(34)35)30-25(33)18-2-1-11-31(15-18)24-10-8-20(14-29-24)32(36)37/h3-10,13-14,18,23,36H,1-2,11-12,15H2,(H,30,33)(H,34,35)/q-1/t18?,23-/m0/s1. The summed E-state index contributed by atoms with van der Waals surface area (Å²) in [6, 6.07) is 14.4. The van der Waals surface area contributed by atoms with Crippen molar-refractivity contribution < 1.29 is 19.9 Å².